The number of thiazole rings is 1. The molecule has 0 aliphatic carbocycles. The monoisotopic (exact) mass is 394 g/mol. The molecule has 0 unspecified atom stereocenters. The summed E-state index contributed by atoms with van der Waals surface area (Å²) in [5.41, 5.74) is 7.14. The van der Waals surface area contributed by atoms with Gasteiger partial charge in [0.1, 0.15) is 11.4 Å². The molecule has 1 saturated heterocycles. The molecular formula is C18H23ClN4O2S. The van der Waals surface area contributed by atoms with Gasteiger partial charge in [0.15, 0.2) is 0 Å². The third-order valence-electron chi connectivity index (χ3n) is 4.42. The van der Waals surface area contributed by atoms with Crippen molar-refractivity contribution in [2.24, 2.45) is 5.73 Å². The average molecular weight is 395 g/mol. The largest absolute Gasteiger partial charge is 0.496 e. The van der Waals surface area contributed by atoms with Crippen LogP contribution in [0.1, 0.15) is 21.1 Å². The van der Waals surface area contributed by atoms with Crippen molar-refractivity contribution in [3.05, 3.63) is 44.9 Å². The van der Waals surface area contributed by atoms with Crippen molar-refractivity contribution in [3.63, 3.8) is 0 Å². The van der Waals surface area contributed by atoms with Crippen molar-refractivity contribution in [2.75, 3.05) is 39.8 Å². The van der Waals surface area contributed by atoms with E-state index in [0.717, 1.165) is 36.0 Å². The summed E-state index contributed by atoms with van der Waals surface area (Å²) in [5, 5.41) is 3.45. The van der Waals surface area contributed by atoms with Gasteiger partial charge in [-0.05, 0) is 24.7 Å². The second-order valence-electron chi connectivity index (χ2n) is 6.19. The maximum absolute atomic E-state index is 12.6. The number of amides is 1. The molecule has 1 aromatic heterocycles. The molecule has 1 aliphatic rings. The lowest BCUT2D eigenvalue weighted by atomic mass is 10.1. The van der Waals surface area contributed by atoms with Crippen LogP contribution in [-0.2, 0) is 13.0 Å². The van der Waals surface area contributed by atoms with E-state index in [0.29, 0.717) is 36.8 Å². The zero-order chi connectivity index (χ0) is 18.5. The minimum atomic E-state index is 0.00417. The Labute approximate surface area is 162 Å². The summed E-state index contributed by atoms with van der Waals surface area (Å²) in [7, 11) is 1.66. The SMILES string of the molecule is COc1ccc(Cl)cc1CN1CCN(C(=O)c2csc(CCN)n2)CC1. The standard InChI is InChI=1S/C18H23ClN4O2S/c1-25-16-3-2-14(19)10-13(16)11-22-6-8-23(9-7-22)18(24)15-12-26-17(21-15)4-5-20/h2-3,10,12H,4-9,11,20H2,1H3. The van der Waals surface area contributed by atoms with Crippen molar-refractivity contribution in [1.82, 2.24) is 14.8 Å². The molecule has 1 fully saturated rings. The van der Waals surface area contributed by atoms with Crippen LogP contribution in [0.4, 0.5) is 0 Å². The van der Waals surface area contributed by atoms with Gasteiger partial charge in [-0.15, -0.1) is 11.3 Å². The number of nitrogens with zero attached hydrogens (tertiary/aromatic N) is 3. The van der Waals surface area contributed by atoms with Gasteiger partial charge >= 0.3 is 0 Å². The maximum Gasteiger partial charge on any atom is 0.273 e. The highest BCUT2D eigenvalue weighted by Crippen LogP contribution is 2.24. The number of aromatic nitrogens is 1. The van der Waals surface area contributed by atoms with Crippen LogP contribution in [0.3, 0.4) is 0 Å². The van der Waals surface area contributed by atoms with E-state index in [1.54, 1.807) is 7.11 Å². The van der Waals surface area contributed by atoms with E-state index in [4.69, 9.17) is 22.1 Å². The minimum absolute atomic E-state index is 0.00417. The average Bonchev–Trinajstić information content (AvgIpc) is 3.11. The fraction of sp³-hybridized carbons (Fsp3) is 0.444. The number of methoxy groups -OCH3 is 1. The summed E-state index contributed by atoms with van der Waals surface area (Å²) in [6.45, 7) is 4.29. The summed E-state index contributed by atoms with van der Waals surface area (Å²) in [6.07, 6.45) is 0.715. The lowest BCUT2D eigenvalue weighted by Gasteiger charge is -2.34. The molecule has 26 heavy (non-hydrogen) atoms. The van der Waals surface area contributed by atoms with Crippen LogP contribution in [0, 0.1) is 0 Å². The quantitative estimate of drug-likeness (QED) is 0.813. The topological polar surface area (TPSA) is 71.7 Å². The highest BCUT2D eigenvalue weighted by atomic mass is 35.5. The molecule has 6 nitrogen and oxygen atoms in total. The summed E-state index contributed by atoms with van der Waals surface area (Å²) in [6, 6.07) is 5.65. The van der Waals surface area contributed by atoms with Gasteiger partial charge in [-0.2, -0.15) is 0 Å². The molecule has 3 rings (SSSR count). The van der Waals surface area contributed by atoms with E-state index < -0.39 is 0 Å². The van der Waals surface area contributed by atoms with Crippen LogP contribution < -0.4 is 10.5 Å². The summed E-state index contributed by atoms with van der Waals surface area (Å²) in [5.74, 6) is 0.840. The first kappa shape index (κ1) is 19.1. The Morgan fingerprint density at radius 1 is 1.35 bits per heavy atom. The Hall–Kier alpha value is -1.67. The van der Waals surface area contributed by atoms with Crippen molar-refractivity contribution in [1.29, 1.82) is 0 Å². The van der Waals surface area contributed by atoms with E-state index in [2.05, 4.69) is 9.88 Å². The maximum atomic E-state index is 12.6. The number of hydrogen-bond acceptors (Lipinski definition) is 6. The van der Waals surface area contributed by atoms with Crippen LogP contribution in [0.5, 0.6) is 5.75 Å². The number of halogens is 1. The molecule has 140 valence electrons. The Balaban J connectivity index is 1.57. The zero-order valence-corrected chi connectivity index (χ0v) is 16.4. The number of benzene rings is 1. The molecule has 0 saturated carbocycles. The molecule has 0 bridgehead atoms. The predicted octanol–water partition coefficient (Wildman–Crippen LogP) is 2.26. The predicted molar refractivity (Wildman–Crippen MR) is 104 cm³/mol. The van der Waals surface area contributed by atoms with Crippen LogP contribution in [0.2, 0.25) is 5.02 Å². The second-order valence-corrected chi connectivity index (χ2v) is 7.57. The van der Waals surface area contributed by atoms with Gasteiger partial charge < -0.3 is 15.4 Å². The zero-order valence-electron chi connectivity index (χ0n) is 14.8. The van der Waals surface area contributed by atoms with E-state index in [1.165, 1.54) is 11.3 Å². The summed E-state index contributed by atoms with van der Waals surface area (Å²) < 4.78 is 5.42. The number of nitrogens with two attached hydrogens (primary N) is 1. The molecule has 1 amide bonds. The van der Waals surface area contributed by atoms with Crippen LogP contribution in [0.15, 0.2) is 23.6 Å². The molecule has 8 heteroatoms. The lowest BCUT2D eigenvalue weighted by Crippen LogP contribution is -2.48. The first-order valence-corrected chi connectivity index (χ1v) is 9.85. The van der Waals surface area contributed by atoms with Crippen molar-refractivity contribution >= 4 is 28.8 Å². The molecule has 2 heterocycles. The number of piperazine rings is 1. The Kier molecular flexibility index (Phi) is 6.48. The van der Waals surface area contributed by atoms with Gasteiger partial charge in [-0.1, -0.05) is 11.6 Å². The van der Waals surface area contributed by atoms with Crippen molar-refractivity contribution in [3.8, 4) is 5.75 Å². The fourth-order valence-corrected chi connectivity index (χ4v) is 4.01. The number of carbonyl (C=O) groups excluding carboxylic acids is 1. The lowest BCUT2D eigenvalue weighted by molar-refractivity contribution is 0.0622. The highest BCUT2D eigenvalue weighted by molar-refractivity contribution is 7.09. The van der Waals surface area contributed by atoms with Crippen molar-refractivity contribution in [2.45, 2.75) is 13.0 Å². The van der Waals surface area contributed by atoms with Crippen LogP contribution >= 0.6 is 22.9 Å². The van der Waals surface area contributed by atoms with Crippen LogP contribution in [-0.4, -0.2) is 60.5 Å². The van der Waals surface area contributed by atoms with E-state index in [9.17, 15) is 4.79 Å². The first-order valence-electron chi connectivity index (χ1n) is 8.59. The van der Waals surface area contributed by atoms with Gasteiger partial charge in [-0.3, -0.25) is 9.69 Å². The van der Waals surface area contributed by atoms with Gasteiger partial charge in [0.05, 0.1) is 12.1 Å². The Morgan fingerprint density at radius 3 is 2.81 bits per heavy atom. The molecule has 0 radical (unpaired) electrons. The van der Waals surface area contributed by atoms with Gasteiger partial charge in [-0.25, -0.2) is 4.98 Å². The number of rotatable bonds is 6. The molecule has 2 N–H and O–H groups in total. The third kappa shape index (κ3) is 4.54. The van der Waals surface area contributed by atoms with Gasteiger partial charge in [0, 0.05) is 55.1 Å². The normalized spacial score (nSPS) is 15.3. The number of ether oxygens (including phenoxy) is 1. The Bertz CT molecular complexity index is 759. The Morgan fingerprint density at radius 2 is 2.12 bits per heavy atom. The molecular weight excluding hydrogens is 372 g/mol. The van der Waals surface area contributed by atoms with E-state index in [1.807, 2.05) is 28.5 Å². The minimum Gasteiger partial charge on any atom is -0.496 e. The third-order valence-corrected chi connectivity index (χ3v) is 5.57. The molecule has 0 spiro atoms. The van der Waals surface area contributed by atoms with Gasteiger partial charge in [0.25, 0.3) is 5.91 Å². The summed E-state index contributed by atoms with van der Waals surface area (Å²) in [4.78, 5) is 21.2. The van der Waals surface area contributed by atoms with Crippen LogP contribution in [0.25, 0.3) is 0 Å². The van der Waals surface area contributed by atoms with Gasteiger partial charge in [0.2, 0.25) is 0 Å². The molecule has 1 aromatic carbocycles. The summed E-state index contributed by atoms with van der Waals surface area (Å²) >= 11 is 7.61. The number of carbonyl (C=O) groups is 1. The molecule has 2 aromatic rings. The molecule has 1 aliphatic heterocycles. The highest BCUT2D eigenvalue weighted by Gasteiger charge is 2.24. The molecule has 0 atom stereocenters. The first-order chi connectivity index (χ1) is 12.6. The van der Waals surface area contributed by atoms with E-state index in [-0.39, 0.29) is 5.91 Å². The van der Waals surface area contributed by atoms with Crippen molar-refractivity contribution < 1.29 is 9.53 Å². The van der Waals surface area contributed by atoms with E-state index >= 15 is 0 Å². The number of hydrogen-bond donors (Lipinski definition) is 1. The second kappa shape index (κ2) is 8.81. The smallest absolute Gasteiger partial charge is 0.273 e. The fourth-order valence-electron chi connectivity index (χ4n) is 3.03.